The summed E-state index contributed by atoms with van der Waals surface area (Å²) in [4.78, 5) is 3.94. The lowest BCUT2D eigenvalue weighted by atomic mass is 9.94. The maximum Gasteiger partial charge on any atom is 0.137 e. The third-order valence-electron chi connectivity index (χ3n) is 3.07. The molecule has 0 aliphatic carbocycles. The lowest BCUT2D eigenvalue weighted by molar-refractivity contribution is 0.00583. The Kier molecular flexibility index (Phi) is 3.31. The Morgan fingerprint density at radius 3 is 2.89 bits per heavy atom. The highest BCUT2D eigenvalue weighted by atomic mass is 35.5. The first-order valence-corrected chi connectivity index (χ1v) is 6.55. The molecule has 0 bridgehead atoms. The van der Waals surface area contributed by atoms with Crippen LogP contribution >= 0.6 is 23.2 Å². The van der Waals surface area contributed by atoms with E-state index in [-0.39, 0.29) is 0 Å². The van der Waals surface area contributed by atoms with Crippen LogP contribution in [0.2, 0.25) is 10.0 Å². The van der Waals surface area contributed by atoms with Crippen LogP contribution < -0.4 is 0 Å². The third-order valence-corrected chi connectivity index (χ3v) is 3.62. The Balaban J connectivity index is 2.03. The van der Waals surface area contributed by atoms with Gasteiger partial charge in [0.05, 0.1) is 13.2 Å². The smallest absolute Gasteiger partial charge is 0.137 e. The van der Waals surface area contributed by atoms with Gasteiger partial charge < -0.3 is 4.74 Å². The average molecular weight is 296 g/mol. The molecule has 3 rings (SSSR count). The van der Waals surface area contributed by atoms with Gasteiger partial charge in [-0.2, -0.15) is 5.10 Å². The van der Waals surface area contributed by atoms with Crippen LogP contribution in [0.4, 0.5) is 0 Å². The van der Waals surface area contributed by atoms with Gasteiger partial charge in [-0.25, -0.2) is 9.67 Å². The van der Waals surface area contributed by atoms with Gasteiger partial charge in [0.25, 0.3) is 0 Å². The maximum absolute atomic E-state index is 6.30. The summed E-state index contributed by atoms with van der Waals surface area (Å²) in [5.74, 6) is 0. The molecule has 6 heteroatoms. The number of rotatable bonds is 3. The zero-order valence-corrected chi connectivity index (χ0v) is 11.5. The first-order valence-electron chi connectivity index (χ1n) is 5.79. The quantitative estimate of drug-likeness (QED) is 0.817. The van der Waals surface area contributed by atoms with Gasteiger partial charge in [-0.05, 0) is 18.2 Å². The van der Waals surface area contributed by atoms with E-state index in [0.29, 0.717) is 23.2 Å². The van der Waals surface area contributed by atoms with Crippen LogP contribution in [-0.4, -0.2) is 21.4 Å². The molecule has 1 aliphatic heterocycles. The van der Waals surface area contributed by atoms with Gasteiger partial charge in [0.15, 0.2) is 0 Å². The average Bonchev–Trinajstić information content (AvgIpc) is 3.02. The second-order valence-corrected chi connectivity index (χ2v) is 5.16. The third kappa shape index (κ3) is 2.39. The van der Waals surface area contributed by atoms with E-state index in [1.165, 1.54) is 6.33 Å². The minimum atomic E-state index is -0.616. The molecule has 0 amide bonds. The van der Waals surface area contributed by atoms with Gasteiger partial charge >= 0.3 is 0 Å². The molecule has 4 nitrogen and oxygen atoms in total. The van der Waals surface area contributed by atoms with E-state index >= 15 is 0 Å². The summed E-state index contributed by atoms with van der Waals surface area (Å²) in [6.07, 6.45) is 7.13. The second kappa shape index (κ2) is 4.96. The van der Waals surface area contributed by atoms with Crippen LogP contribution in [0.25, 0.3) is 0 Å². The van der Waals surface area contributed by atoms with Crippen molar-refractivity contribution < 1.29 is 4.74 Å². The second-order valence-electron chi connectivity index (χ2n) is 4.32. The fourth-order valence-electron chi connectivity index (χ4n) is 2.22. The number of hydrogen-bond acceptors (Lipinski definition) is 3. The molecule has 19 heavy (non-hydrogen) atoms. The topological polar surface area (TPSA) is 39.9 Å². The molecule has 0 spiro atoms. The summed E-state index contributed by atoms with van der Waals surface area (Å²) in [6.45, 7) is 1.07. The zero-order chi connectivity index (χ0) is 13.3. The van der Waals surface area contributed by atoms with Crippen molar-refractivity contribution in [1.29, 1.82) is 0 Å². The highest BCUT2D eigenvalue weighted by molar-refractivity contribution is 6.35. The molecular weight excluding hydrogens is 285 g/mol. The Morgan fingerprint density at radius 1 is 1.37 bits per heavy atom. The fourth-order valence-corrected chi connectivity index (χ4v) is 2.79. The predicted molar refractivity (Wildman–Crippen MR) is 73.3 cm³/mol. The number of halogens is 2. The van der Waals surface area contributed by atoms with Crippen molar-refractivity contribution in [2.24, 2.45) is 0 Å². The lowest BCUT2D eigenvalue weighted by Crippen LogP contribution is -2.31. The lowest BCUT2D eigenvalue weighted by Gasteiger charge is -2.28. The molecule has 0 saturated heterocycles. The van der Waals surface area contributed by atoms with Gasteiger partial charge in [0.1, 0.15) is 18.3 Å². The van der Waals surface area contributed by atoms with Gasteiger partial charge in [0.2, 0.25) is 0 Å². The number of ether oxygens (including phenoxy) is 1. The molecule has 1 atom stereocenters. The fraction of sp³-hybridized carbons (Fsp3) is 0.231. The summed E-state index contributed by atoms with van der Waals surface area (Å²) in [5, 5.41) is 5.31. The summed E-state index contributed by atoms with van der Waals surface area (Å²) in [5.41, 5.74) is 0.262. The van der Waals surface area contributed by atoms with Gasteiger partial charge in [0, 0.05) is 15.6 Å². The van der Waals surface area contributed by atoms with Gasteiger partial charge in [-0.3, -0.25) is 0 Å². The van der Waals surface area contributed by atoms with Crippen molar-refractivity contribution in [2.75, 3.05) is 6.61 Å². The first-order chi connectivity index (χ1) is 9.20. The van der Waals surface area contributed by atoms with Crippen molar-refractivity contribution in [1.82, 2.24) is 14.8 Å². The zero-order valence-electron chi connectivity index (χ0n) is 9.96. The molecule has 0 fully saturated rings. The number of hydrogen-bond donors (Lipinski definition) is 0. The molecule has 0 saturated carbocycles. The van der Waals surface area contributed by atoms with Crippen LogP contribution in [0.15, 0.2) is 43.0 Å². The Morgan fingerprint density at radius 2 is 2.26 bits per heavy atom. The highest BCUT2D eigenvalue weighted by Crippen LogP contribution is 2.38. The molecule has 1 aromatic heterocycles. The van der Waals surface area contributed by atoms with Crippen LogP contribution in [0.3, 0.4) is 0 Å². The Bertz CT molecular complexity index is 612. The van der Waals surface area contributed by atoms with Crippen LogP contribution in [0.5, 0.6) is 0 Å². The van der Waals surface area contributed by atoms with E-state index in [9.17, 15) is 0 Å². The summed E-state index contributed by atoms with van der Waals surface area (Å²) >= 11 is 12.2. The largest absolute Gasteiger partial charge is 0.360 e. The van der Waals surface area contributed by atoms with Crippen molar-refractivity contribution in [3.8, 4) is 0 Å². The minimum Gasteiger partial charge on any atom is -0.360 e. The van der Waals surface area contributed by atoms with E-state index in [2.05, 4.69) is 10.1 Å². The normalized spacial score (nSPS) is 22.0. The summed E-state index contributed by atoms with van der Waals surface area (Å²) < 4.78 is 7.62. The Hall–Kier alpha value is -1.36. The number of nitrogens with zero attached hydrogens (tertiary/aromatic N) is 3. The van der Waals surface area contributed by atoms with E-state index in [1.54, 1.807) is 23.1 Å². The van der Waals surface area contributed by atoms with E-state index in [0.717, 1.165) is 5.56 Å². The predicted octanol–water partition coefficient (Wildman–Crippen LogP) is 3.07. The molecule has 1 aromatic carbocycles. The first kappa shape index (κ1) is 12.7. The summed E-state index contributed by atoms with van der Waals surface area (Å²) in [6, 6.07) is 5.41. The molecular formula is C13H11Cl2N3O. The highest BCUT2D eigenvalue weighted by Gasteiger charge is 2.36. The minimum absolute atomic E-state index is 0.519. The van der Waals surface area contributed by atoms with Crippen LogP contribution in [0.1, 0.15) is 5.56 Å². The van der Waals surface area contributed by atoms with Crippen molar-refractivity contribution in [2.45, 2.75) is 12.1 Å². The van der Waals surface area contributed by atoms with E-state index in [4.69, 9.17) is 27.9 Å². The monoisotopic (exact) mass is 295 g/mol. The van der Waals surface area contributed by atoms with E-state index < -0.39 is 5.60 Å². The molecule has 98 valence electrons. The summed E-state index contributed by atoms with van der Waals surface area (Å²) in [7, 11) is 0. The molecule has 2 heterocycles. The van der Waals surface area contributed by atoms with E-state index in [1.807, 2.05) is 18.2 Å². The van der Waals surface area contributed by atoms with Crippen molar-refractivity contribution >= 4 is 23.2 Å². The molecule has 2 aromatic rings. The van der Waals surface area contributed by atoms with Crippen molar-refractivity contribution in [3.05, 3.63) is 58.6 Å². The number of benzene rings is 1. The SMILES string of the molecule is Clc1ccc(C2(Cn3cncn3)C=CCO2)c(Cl)c1. The Labute approximate surface area is 120 Å². The maximum atomic E-state index is 6.30. The van der Waals surface area contributed by atoms with Crippen LogP contribution in [0, 0.1) is 0 Å². The molecule has 0 radical (unpaired) electrons. The molecule has 1 aliphatic rings. The standard InChI is InChI=1S/C13H11Cl2N3O/c14-10-2-3-11(12(15)6-10)13(4-1-5-19-13)7-18-9-16-8-17-18/h1-4,6,8-9H,5,7H2. The van der Waals surface area contributed by atoms with Crippen LogP contribution in [-0.2, 0) is 16.9 Å². The number of aromatic nitrogens is 3. The molecule has 1 unspecified atom stereocenters. The van der Waals surface area contributed by atoms with Crippen molar-refractivity contribution in [3.63, 3.8) is 0 Å². The van der Waals surface area contributed by atoms with Gasteiger partial charge in [-0.15, -0.1) is 0 Å². The molecule has 0 N–H and O–H groups in total. The van der Waals surface area contributed by atoms with Gasteiger partial charge in [-0.1, -0.05) is 35.3 Å².